The number of fused-ring (bicyclic) bond motifs is 1. The molecule has 0 aromatic heterocycles. The van der Waals surface area contributed by atoms with Gasteiger partial charge in [-0.05, 0) is 42.6 Å². The summed E-state index contributed by atoms with van der Waals surface area (Å²) in [7, 11) is 0. The van der Waals surface area contributed by atoms with Crippen molar-refractivity contribution in [1.82, 2.24) is 5.48 Å². The Bertz CT molecular complexity index is 1250. The summed E-state index contributed by atoms with van der Waals surface area (Å²) in [5, 5.41) is 23.0. The van der Waals surface area contributed by atoms with E-state index in [1.807, 2.05) is 0 Å². The van der Waals surface area contributed by atoms with E-state index in [0.29, 0.717) is 27.6 Å². The van der Waals surface area contributed by atoms with E-state index >= 15 is 0 Å². The number of phenols is 1. The maximum Gasteiger partial charge on any atom is 0.412 e. The number of phenolic OH excluding ortho intramolecular Hbond substituents is 1. The molecule has 1 atom stereocenters. The Morgan fingerprint density at radius 2 is 1.62 bits per heavy atom. The third-order valence-corrected chi connectivity index (χ3v) is 5.43. The topological polar surface area (TPSA) is 125 Å². The number of carbonyl (C=O) groups excluding carboxylic acids is 3. The SMILES string of the molecule is CC(=O)c1ccc(NC(=O)O[C@@H](c2ccc(O)c3ccccc23)C(C)(C)/C=C/C(=O)NO)cc1. The fourth-order valence-electron chi connectivity index (χ4n) is 3.61. The lowest BCUT2D eigenvalue weighted by molar-refractivity contribution is -0.124. The molecule has 3 aromatic rings. The molecule has 2 amide bonds. The van der Waals surface area contributed by atoms with Gasteiger partial charge in [-0.2, -0.15) is 0 Å². The molecule has 8 heteroatoms. The third kappa shape index (κ3) is 5.60. The molecule has 176 valence electrons. The molecule has 4 N–H and O–H groups in total. The van der Waals surface area contributed by atoms with E-state index in [0.717, 1.165) is 6.08 Å². The number of hydroxylamine groups is 1. The van der Waals surface area contributed by atoms with Gasteiger partial charge in [0.25, 0.3) is 5.91 Å². The lowest BCUT2D eigenvalue weighted by Gasteiger charge is -2.32. The van der Waals surface area contributed by atoms with Crippen molar-refractivity contribution in [3.05, 3.63) is 83.9 Å². The van der Waals surface area contributed by atoms with E-state index in [1.165, 1.54) is 24.5 Å². The summed E-state index contributed by atoms with van der Waals surface area (Å²) in [6.45, 7) is 5.00. The second-order valence-corrected chi connectivity index (χ2v) is 8.39. The standard InChI is InChI=1S/C26H26N2O6/c1-16(29)17-8-10-18(11-9-17)27-25(32)34-24(26(2,3)15-14-23(31)28-33)21-12-13-22(30)20-7-5-4-6-19(20)21/h4-15,24,30,33H,1-3H3,(H,27,32)(H,28,31)/b15-14+/t24-/m0/s1. The molecule has 3 rings (SSSR count). The minimum atomic E-state index is -0.901. The van der Waals surface area contributed by atoms with Gasteiger partial charge in [-0.3, -0.25) is 20.1 Å². The van der Waals surface area contributed by atoms with Crippen LogP contribution in [0.15, 0.2) is 72.8 Å². The Hall–Kier alpha value is -4.17. The van der Waals surface area contributed by atoms with Gasteiger partial charge in [-0.1, -0.05) is 50.3 Å². The lowest BCUT2D eigenvalue weighted by atomic mass is 9.80. The molecule has 0 spiro atoms. The Morgan fingerprint density at radius 3 is 2.24 bits per heavy atom. The fraction of sp³-hybridized carbons (Fsp3) is 0.192. The second kappa shape index (κ2) is 10.2. The van der Waals surface area contributed by atoms with Crippen molar-refractivity contribution in [2.75, 3.05) is 5.32 Å². The Labute approximate surface area is 196 Å². The molecule has 0 fully saturated rings. The predicted octanol–water partition coefficient (Wildman–Crippen LogP) is 5.13. The number of aromatic hydroxyl groups is 1. The molecule has 8 nitrogen and oxygen atoms in total. The largest absolute Gasteiger partial charge is 0.507 e. The first kappa shape index (κ1) is 24.5. The first-order chi connectivity index (χ1) is 16.1. The lowest BCUT2D eigenvalue weighted by Crippen LogP contribution is -2.28. The van der Waals surface area contributed by atoms with Gasteiger partial charge in [0.05, 0.1) is 0 Å². The average molecular weight is 463 g/mol. The van der Waals surface area contributed by atoms with Crippen molar-refractivity contribution in [2.45, 2.75) is 26.9 Å². The minimum Gasteiger partial charge on any atom is -0.507 e. The molecule has 0 aliphatic heterocycles. The number of hydrogen-bond acceptors (Lipinski definition) is 6. The molecule has 3 aromatic carbocycles. The number of benzene rings is 3. The number of carbonyl (C=O) groups is 3. The first-order valence-electron chi connectivity index (χ1n) is 10.5. The van der Waals surface area contributed by atoms with Gasteiger partial charge in [0.15, 0.2) is 5.78 Å². The van der Waals surface area contributed by atoms with E-state index in [9.17, 15) is 19.5 Å². The van der Waals surface area contributed by atoms with Crippen LogP contribution >= 0.6 is 0 Å². The van der Waals surface area contributed by atoms with Crippen LogP contribution in [0.5, 0.6) is 5.75 Å². The highest BCUT2D eigenvalue weighted by atomic mass is 16.6. The molecule has 34 heavy (non-hydrogen) atoms. The third-order valence-electron chi connectivity index (χ3n) is 5.43. The molecule has 0 aliphatic carbocycles. The number of ether oxygens (including phenoxy) is 1. The van der Waals surface area contributed by atoms with E-state index in [2.05, 4.69) is 5.32 Å². The zero-order valence-corrected chi connectivity index (χ0v) is 19.0. The molecule has 0 aliphatic rings. The summed E-state index contributed by atoms with van der Waals surface area (Å²) < 4.78 is 5.85. The molecule has 0 saturated heterocycles. The van der Waals surface area contributed by atoms with Gasteiger partial charge in [-0.25, -0.2) is 10.3 Å². The van der Waals surface area contributed by atoms with Crippen LogP contribution in [0.25, 0.3) is 10.8 Å². The summed E-state index contributed by atoms with van der Waals surface area (Å²) in [6.07, 6.45) is 1.06. The zero-order chi connectivity index (χ0) is 24.9. The highest BCUT2D eigenvalue weighted by Crippen LogP contribution is 2.42. The summed E-state index contributed by atoms with van der Waals surface area (Å²) in [5.41, 5.74) is 2.21. The van der Waals surface area contributed by atoms with Crippen LogP contribution in [0.1, 0.15) is 42.8 Å². The smallest absolute Gasteiger partial charge is 0.412 e. The fourth-order valence-corrected chi connectivity index (χ4v) is 3.61. The monoisotopic (exact) mass is 462 g/mol. The molecular formula is C26H26N2O6. The van der Waals surface area contributed by atoms with Crippen LogP contribution in [0.3, 0.4) is 0 Å². The molecule has 0 bridgehead atoms. The first-order valence-corrected chi connectivity index (χ1v) is 10.5. The van der Waals surface area contributed by atoms with Crippen LogP contribution in [-0.4, -0.2) is 28.1 Å². The van der Waals surface area contributed by atoms with Crippen molar-refractivity contribution < 1.29 is 29.4 Å². The van der Waals surface area contributed by atoms with Gasteiger partial charge in [0, 0.05) is 33.7 Å². The van der Waals surface area contributed by atoms with Crippen molar-refractivity contribution in [1.29, 1.82) is 0 Å². The van der Waals surface area contributed by atoms with Crippen molar-refractivity contribution in [3.8, 4) is 5.75 Å². The van der Waals surface area contributed by atoms with Gasteiger partial charge in [0.2, 0.25) is 0 Å². The summed E-state index contributed by atoms with van der Waals surface area (Å²) >= 11 is 0. The number of rotatable bonds is 7. The van der Waals surface area contributed by atoms with Crippen molar-refractivity contribution in [3.63, 3.8) is 0 Å². The molecule has 0 unspecified atom stereocenters. The van der Waals surface area contributed by atoms with Gasteiger partial charge in [0.1, 0.15) is 11.9 Å². The Balaban J connectivity index is 1.98. The summed E-state index contributed by atoms with van der Waals surface area (Å²) in [6, 6.07) is 16.7. The van der Waals surface area contributed by atoms with E-state index in [4.69, 9.17) is 9.94 Å². The number of nitrogens with one attached hydrogen (secondary N) is 2. The van der Waals surface area contributed by atoms with Gasteiger partial charge < -0.3 is 9.84 Å². The Kier molecular flexibility index (Phi) is 7.33. The number of Topliss-reactive ketones (excluding diaryl/α,β-unsaturated/α-hetero) is 1. The maximum atomic E-state index is 12.9. The summed E-state index contributed by atoms with van der Waals surface area (Å²) in [5.74, 6) is -0.729. The minimum absolute atomic E-state index is 0.0844. The zero-order valence-electron chi connectivity index (χ0n) is 19.0. The van der Waals surface area contributed by atoms with Crippen LogP contribution in [0.4, 0.5) is 10.5 Å². The van der Waals surface area contributed by atoms with E-state index in [1.54, 1.807) is 68.4 Å². The number of anilines is 1. The average Bonchev–Trinajstić information content (AvgIpc) is 2.82. The predicted molar refractivity (Wildman–Crippen MR) is 128 cm³/mol. The summed E-state index contributed by atoms with van der Waals surface area (Å²) in [4.78, 5) is 35.9. The molecule has 0 saturated carbocycles. The molecule has 0 heterocycles. The van der Waals surface area contributed by atoms with Crippen LogP contribution in [0, 0.1) is 5.41 Å². The second-order valence-electron chi connectivity index (χ2n) is 8.39. The van der Waals surface area contributed by atoms with Crippen LogP contribution < -0.4 is 10.8 Å². The van der Waals surface area contributed by atoms with Crippen molar-refractivity contribution in [2.24, 2.45) is 5.41 Å². The maximum absolute atomic E-state index is 12.9. The molecular weight excluding hydrogens is 436 g/mol. The number of amides is 2. The van der Waals surface area contributed by atoms with Gasteiger partial charge in [-0.15, -0.1) is 0 Å². The highest BCUT2D eigenvalue weighted by Gasteiger charge is 2.34. The number of ketones is 1. The quantitative estimate of drug-likeness (QED) is 0.167. The van der Waals surface area contributed by atoms with Crippen LogP contribution in [-0.2, 0) is 9.53 Å². The van der Waals surface area contributed by atoms with Gasteiger partial charge >= 0.3 is 6.09 Å². The van der Waals surface area contributed by atoms with E-state index in [-0.39, 0.29) is 11.5 Å². The molecule has 0 radical (unpaired) electrons. The van der Waals surface area contributed by atoms with E-state index < -0.39 is 23.5 Å². The normalized spacial score (nSPS) is 12.4. The van der Waals surface area contributed by atoms with Crippen LogP contribution in [0.2, 0.25) is 0 Å². The van der Waals surface area contributed by atoms with Crippen molar-refractivity contribution >= 4 is 34.2 Å². The number of hydrogen-bond donors (Lipinski definition) is 4. The highest BCUT2D eigenvalue weighted by molar-refractivity contribution is 5.95. The Morgan fingerprint density at radius 1 is 0.971 bits per heavy atom.